The molecule has 2 aliphatic rings. The lowest BCUT2D eigenvalue weighted by Gasteiger charge is -2.39. The third-order valence-corrected chi connectivity index (χ3v) is 6.84. The minimum Gasteiger partial charge on any atom is -0.381 e. The molecule has 1 aromatic heterocycles. The van der Waals surface area contributed by atoms with Gasteiger partial charge >= 0.3 is 6.03 Å². The van der Waals surface area contributed by atoms with Gasteiger partial charge in [-0.25, -0.2) is 9.78 Å². The molecule has 2 N–H and O–H groups in total. The van der Waals surface area contributed by atoms with Crippen molar-refractivity contribution in [2.75, 3.05) is 38.2 Å². The molecule has 0 aliphatic carbocycles. The molecular weight excluding hydrogens is 400 g/mol. The van der Waals surface area contributed by atoms with E-state index in [1.807, 2.05) is 23.6 Å². The number of urea groups is 1. The zero-order valence-electron chi connectivity index (χ0n) is 17.0. The zero-order chi connectivity index (χ0) is 20.8. The number of likely N-dealkylation sites (tertiary alicyclic amines) is 1. The van der Waals surface area contributed by atoms with Crippen molar-refractivity contribution < 1.29 is 14.3 Å². The van der Waals surface area contributed by atoms with Crippen molar-refractivity contribution in [3.05, 3.63) is 47.5 Å². The molecule has 0 unspecified atom stereocenters. The summed E-state index contributed by atoms with van der Waals surface area (Å²) in [5.74, 6) is -0.271. The maximum absolute atomic E-state index is 12.9. The van der Waals surface area contributed by atoms with E-state index in [1.54, 1.807) is 11.1 Å². The fourth-order valence-corrected chi connectivity index (χ4v) is 4.88. The van der Waals surface area contributed by atoms with E-state index in [-0.39, 0.29) is 23.3 Å². The average molecular weight is 429 g/mol. The van der Waals surface area contributed by atoms with E-state index in [2.05, 4.69) is 27.8 Å². The van der Waals surface area contributed by atoms with Crippen LogP contribution in [0.3, 0.4) is 0 Å². The van der Waals surface area contributed by atoms with Gasteiger partial charge in [0.1, 0.15) is 0 Å². The Morgan fingerprint density at radius 1 is 1.23 bits per heavy atom. The SMILES string of the molecule is O=C(Nc1nccs1)[C@@H]1CCCN(C(=O)NCC2(c3ccccc3)CCOCC2)C1. The Bertz CT molecular complexity index is 837. The number of hydrogen-bond acceptors (Lipinski definition) is 5. The van der Waals surface area contributed by atoms with Crippen LogP contribution in [-0.2, 0) is 14.9 Å². The van der Waals surface area contributed by atoms with Crippen LogP contribution in [0.4, 0.5) is 9.93 Å². The first-order valence-corrected chi connectivity index (χ1v) is 11.4. The zero-order valence-corrected chi connectivity index (χ0v) is 17.8. The number of nitrogens with one attached hydrogen (secondary N) is 2. The smallest absolute Gasteiger partial charge is 0.317 e. The number of ether oxygens (including phenoxy) is 1. The van der Waals surface area contributed by atoms with E-state index in [9.17, 15) is 9.59 Å². The number of benzene rings is 1. The average Bonchev–Trinajstić information content (AvgIpc) is 3.32. The molecule has 160 valence electrons. The standard InChI is InChI=1S/C22H28N4O3S/c27-19(25-20-23-10-14-30-20)17-5-4-11-26(15-17)21(28)24-16-22(8-12-29-13-9-22)18-6-2-1-3-7-18/h1-3,6-7,10,14,17H,4-5,8-9,11-13,15-16H2,(H,24,28)(H,23,25,27)/t17-/m1/s1. The third kappa shape index (κ3) is 4.82. The van der Waals surface area contributed by atoms with Crippen molar-refractivity contribution in [3.8, 4) is 0 Å². The van der Waals surface area contributed by atoms with Crippen LogP contribution in [0, 0.1) is 5.92 Å². The number of aromatic nitrogens is 1. The molecule has 0 spiro atoms. The summed E-state index contributed by atoms with van der Waals surface area (Å²) in [4.78, 5) is 31.4. The Kier molecular flexibility index (Phi) is 6.64. The maximum atomic E-state index is 12.9. The lowest BCUT2D eigenvalue weighted by molar-refractivity contribution is -0.121. The van der Waals surface area contributed by atoms with Crippen molar-refractivity contribution in [2.24, 2.45) is 5.92 Å². The molecular formula is C22H28N4O3S. The molecule has 1 atom stereocenters. The number of thiazole rings is 1. The molecule has 7 nitrogen and oxygen atoms in total. The van der Waals surface area contributed by atoms with Gasteiger partial charge < -0.3 is 20.3 Å². The second kappa shape index (κ2) is 9.57. The van der Waals surface area contributed by atoms with Crippen LogP contribution in [0.25, 0.3) is 0 Å². The summed E-state index contributed by atoms with van der Waals surface area (Å²) in [6.45, 7) is 3.09. The topological polar surface area (TPSA) is 83.6 Å². The number of anilines is 1. The first kappa shape index (κ1) is 20.8. The van der Waals surface area contributed by atoms with Gasteiger partial charge in [0.2, 0.25) is 5.91 Å². The molecule has 2 aromatic rings. The highest BCUT2D eigenvalue weighted by Crippen LogP contribution is 2.34. The van der Waals surface area contributed by atoms with E-state index < -0.39 is 0 Å². The van der Waals surface area contributed by atoms with Crippen LogP contribution in [-0.4, -0.2) is 54.7 Å². The van der Waals surface area contributed by atoms with Crippen LogP contribution in [0.1, 0.15) is 31.2 Å². The van der Waals surface area contributed by atoms with E-state index >= 15 is 0 Å². The number of hydrogen-bond donors (Lipinski definition) is 2. The molecule has 0 bridgehead atoms. The first-order chi connectivity index (χ1) is 14.7. The highest BCUT2D eigenvalue weighted by Gasteiger charge is 2.36. The van der Waals surface area contributed by atoms with Crippen LogP contribution >= 0.6 is 11.3 Å². The Morgan fingerprint density at radius 2 is 2.03 bits per heavy atom. The van der Waals surface area contributed by atoms with Crippen molar-refractivity contribution in [1.29, 1.82) is 0 Å². The molecule has 2 saturated heterocycles. The summed E-state index contributed by atoms with van der Waals surface area (Å²) in [6.07, 6.45) is 5.04. The van der Waals surface area contributed by atoms with Gasteiger partial charge in [-0.1, -0.05) is 30.3 Å². The molecule has 4 rings (SSSR count). The highest BCUT2D eigenvalue weighted by molar-refractivity contribution is 7.13. The van der Waals surface area contributed by atoms with Gasteiger partial charge in [0.05, 0.1) is 5.92 Å². The Morgan fingerprint density at radius 3 is 2.77 bits per heavy atom. The van der Waals surface area contributed by atoms with E-state index in [0.29, 0.717) is 38.0 Å². The molecule has 30 heavy (non-hydrogen) atoms. The Balaban J connectivity index is 1.36. The van der Waals surface area contributed by atoms with Crippen molar-refractivity contribution >= 4 is 28.4 Å². The summed E-state index contributed by atoms with van der Waals surface area (Å²) >= 11 is 1.40. The number of rotatable bonds is 5. The van der Waals surface area contributed by atoms with Crippen LogP contribution in [0.2, 0.25) is 0 Å². The van der Waals surface area contributed by atoms with Crippen molar-refractivity contribution in [2.45, 2.75) is 31.1 Å². The second-order valence-corrected chi connectivity index (χ2v) is 8.92. The van der Waals surface area contributed by atoms with Gasteiger partial charge in [0.15, 0.2) is 5.13 Å². The molecule has 0 saturated carbocycles. The predicted octanol–water partition coefficient (Wildman–Crippen LogP) is 3.25. The summed E-state index contributed by atoms with van der Waals surface area (Å²) in [5, 5.41) is 8.45. The highest BCUT2D eigenvalue weighted by atomic mass is 32.1. The number of carbonyl (C=O) groups excluding carboxylic acids is 2. The van der Waals surface area contributed by atoms with Gasteiger partial charge in [-0.15, -0.1) is 11.3 Å². The molecule has 2 fully saturated rings. The maximum Gasteiger partial charge on any atom is 0.317 e. The summed E-state index contributed by atoms with van der Waals surface area (Å²) < 4.78 is 5.58. The van der Waals surface area contributed by atoms with Crippen LogP contribution in [0.15, 0.2) is 41.9 Å². The van der Waals surface area contributed by atoms with E-state index in [4.69, 9.17) is 4.74 Å². The summed E-state index contributed by atoms with van der Waals surface area (Å²) in [6, 6.07) is 10.3. The quantitative estimate of drug-likeness (QED) is 0.766. The van der Waals surface area contributed by atoms with E-state index in [1.165, 1.54) is 16.9 Å². The normalized spacial score (nSPS) is 21.1. The molecule has 3 amide bonds. The minimum absolute atomic E-state index is 0.0624. The van der Waals surface area contributed by atoms with Gasteiger partial charge in [-0.2, -0.15) is 0 Å². The number of piperidine rings is 1. The van der Waals surface area contributed by atoms with Crippen LogP contribution < -0.4 is 10.6 Å². The largest absolute Gasteiger partial charge is 0.381 e. The van der Waals surface area contributed by atoms with Crippen molar-refractivity contribution in [3.63, 3.8) is 0 Å². The van der Waals surface area contributed by atoms with Gasteiger partial charge in [0, 0.05) is 49.8 Å². The Labute approximate surface area is 180 Å². The molecule has 3 heterocycles. The number of amides is 3. The van der Waals surface area contributed by atoms with Gasteiger partial charge in [-0.05, 0) is 31.2 Å². The fraction of sp³-hybridized carbons (Fsp3) is 0.500. The van der Waals surface area contributed by atoms with E-state index in [0.717, 1.165) is 25.7 Å². The first-order valence-electron chi connectivity index (χ1n) is 10.5. The molecule has 2 aliphatic heterocycles. The van der Waals surface area contributed by atoms with Crippen LogP contribution in [0.5, 0.6) is 0 Å². The van der Waals surface area contributed by atoms with Gasteiger partial charge in [-0.3, -0.25) is 4.79 Å². The minimum atomic E-state index is -0.209. The lowest BCUT2D eigenvalue weighted by Crippen LogP contribution is -2.51. The van der Waals surface area contributed by atoms with Gasteiger partial charge in [0.25, 0.3) is 0 Å². The summed E-state index contributed by atoms with van der Waals surface area (Å²) in [5.41, 5.74) is 1.14. The molecule has 1 aromatic carbocycles. The third-order valence-electron chi connectivity index (χ3n) is 6.16. The monoisotopic (exact) mass is 428 g/mol. The number of nitrogens with zero attached hydrogens (tertiary/aromatic N) is 2. The fourth-order valence-electron chi connectivity index (χ4n) is 4.35. The number of carbonyl (C=O) groups is 2. The second-order valence-electron chi connectivity index (χ2n) is 8.03. The lowest BCUT2D eigenvalue weighted by atomic mass is 9.74. The Hall–Kier alpha value is -2.45. The predicted molar refractivity (Wildman–Crippen MR) is 117 cm³/mol. The molecule has 8 heteroatoms. The summed E-state index contributed by atoms with van der Waals surface area (Å²) in [7, 11) is 0. The van der Waals surface area contributed by atoms with Crippen molar-refractivity contribution in [1.82, 2.24) is 15.2 Å². The molecule has 0 radical (unpaired) electrons.